The molecule has 0 spiro atoms. The van der Waals surface area contributed by atoms with Gasteiger partial charge < -0.3 is 0 Å². The molecule has 1 saturated carbocycles. The van der Waals surface area contributed by atoms with Gasteiger partial charge in [0.15, 0.2) is 23.3 Å². The van der Waals surface area contributed by atoms with Crippen LogP contribution in [-0.2, 0) is 0 Å². The SMILES string of the molecule is CCCCCC1CCCCC1(C(CC)c1c(F)c(F)c(-c2ccc(-c3ccccc3)cc2F)c(F)c1F)C(F)(F)F. The number of unbranched alkanes of at least 4 members (excludes halogenated alkanes) is 2. The zero-order chi connectivity index (χ0) is 29.9. The van der Waals surface area contributed by atoms with Crippen LogP contribution in [0.3, 0.4) is 0 Å². The van der Waals surface area contributed by atoms with Gasteiger partial charge in [-0.15, -0.1) is 0 Å². The lowest BCUT2D eigenvalue weighted by molar-refractivity contribution is -0.264. The van der Waals surface area contributed by atoms with Gasteiger partial charge >= 0.3 is 6.18 Å². The molecule has 0 radical (unpaired) electrons. The molecule has 1 aliphatic carbocycles. The fraction of sp³-hybridized carbons (Fsp3) is 0.455. The van der Waals surface area contributed by atoms with Gasteiger partial charge in [-0.2, -0.15) is 13.2 Å². The molecule has 41 heavy (non-hydrogen) atoms. The quantitative estimate of drug-likeness (QED) is 0.134. The minimum absolute atomic E-state index is 0.186. The summed E-state index contributed by atoms with van der Waals surface area (Å²) in [5.74, 6) is -11.5. The summed E-state index contributed by atoms with van der Waals surface area (Å²) in [4.78, 5) is 0. The van der Waals surface area contributed by atoms with E-state index in [2.05, 4.69) is 0 Å². The highest BCUT2D eigenvalue weighted by Crippen LogP contribution is 2.62. The lowest BCUT2D eigenvalue weighted by Gasteiger charge is -2.50. The second-order valence-corrected chi connectivity index (χ2v) is 11.0. The molecule has 3 aromatic rings. The fourth-order valence-corrected chi connectivity index (χ4v) is 6.89. The summed E-state index contributed by atoms with van der Waals surface area (Å²) in [6.45, 7) is 3.27. The molecule has 0 aliphatic heterocycles. The third kappa shape index (κ3) is 5.63. The Morgan fingerprint density at radius 3 is 2.02 bits per heavy atom. The van der Waals surface area contributed by atoms with E-state index in [1.54, 1.807) is 30.3 Å². The van der Waals surface area contributed by atoms with E-state index in [0.29, 0.717) is 30.4 Å². The van der Waals surface area contributed by atoms with E-state index in [1.165, 1.54) is 13.0 Å². The Balaban J connectivity index is 1.86. The molecule has 0 aromatic heterocycles. The Hall–Kier alpha value is -2.90. The first kappa shape index (κ1) is 31.0. The highest BCUT2D eigenvalue weighted by Gasteiger charge is 2.63. The Morgan fingerprint density at radius 2 is 1.46 bits per heavy atom. The zero-order valence-corrected chi connectivity index (χ0v) is 23.2. The maximum atomic E-state index is 15.8. The van der Waals surface area contributed by atoms with Crippen LogP contribution in [0, 0.1) is 40.4 Å². The van der Waals surface area contributed by atoms with Crippen LogP contribution in [0.2, 0.25) is 0 Å². The first-order valence-electron chi connectivity index (χ1n) is 14.3. The molecule has 8 heteroatoms. The van der Waals surface area contributed by atoms with E-state index in [0.717, 1.165) is 18.6 Å². The molecular formula is C33H34F8. The van der Waals surface area contributed by atoms with E-state index < -0.39 is 69.2 Å². The Kier molecular flexibility index (Phi) is 9.49. The van der Waals surface area contributed by atoms with Gasteiger partial charge in [-0.1, -0.05) is 88.4 Å². The third-order valence-electron chi connectivity index (χ3n) is 8.83. The van der Waals surface area contributed by atoms with E-state index in [-0.39, 0.29) is 32.1 Å². The predicted molar refractivity (Wildman–Crippen MR) is 145 cm³/mol. The number of alkyl halides is 3. The summed E-state index contributed by atoms with van der Waals surface area (Å²) >= 11 is 0. The van der Waals surface area contributed by atoms with Crippen molar-refractivity contribution in [3.05, 3.63) is 83.2 Å². The molecule has 3 atom stereocenters. The standard InChI is InChI=1S/C33H34F8/c1-3-5-7-14-22-15-10-11-18-32(22,33(39,40)41)24(4-2)27-30(37)28(35)26(29(36)31(27)38)23-17-16-21(19-25(23)34)20-12-8-6-9-13-20/h6,8-9,12-13,16-17,19,22,24H,3-5,7,10-11,14-15,18H2,1-2H3. The average molecular weight is 583 g/mol. The topological polar surface area (TPSA) is 0 Å². The Morgan fingerprint density at radius 1 is 0.805 bits per heavy atom. The number of rotatable bonds is 9. The second-order valence-electron chi connectivity index (χ2n) is 11.0. The van der Waals surface area contributed by atoms with Crippen molar-refractivity contribution in [1.29, 1.82) is 0 Å². The monoisotopic (exact) mass is 582 g/mol. The van der Waals surface area contributed by atoms with Gasteiger partial charge in [-0.3, -0.25) is 0 Å². The Labute approximate surface area is 235 Å². The smallest absolute Gasteiger partial charge is 0.206 e. The number of hydrogen-bond donors (Lipinski definition) is 0. The van der Waals surface area contributed by atoms with E-state index in [4.69, 9.17) is 0 Å². The van der Waals surface area contributed by atoms with Gasteiger partial charge in [0, 0.05) is 17.0 Å². The number of benzene rings is 3. The van der Waals surface area contributed by atoms with E-state index in [1.807, 2.05) is 6.92 Å². The van der Waals surface area contributed by atoms with Gasteiger partial charge in [0.1, 0.15) is 5.82 Å². The van der Waals surface area contributed by atoms with Crippen molar-refractivity contribution in [2.24, 2.45) is 11.3 Å². The summed E-state index contributed by atoms with van der Waals surface area (Å²) in [5.41, 5.74) is -4.81. The molecular weight excluding hydrogens is 548 g/mol. The van der Waals surface area contributed by atoms with Crippen LogP contribution in [0.5, 0.6) is 0 Å². The normalized spacial score (nSPS) is 20.3. The molecule has 3 aromatic carbocycles. The van der Waals surface area contributed by atoms with Crippen LogP contribution < -0.4 is 0 Å². The van der Waals surface area contributed by atoms with Crippen LogP contribution in [-0.4, -0.2) is 6.18 Å². The molecule has 0 nitrogen and oxygen atoms in total. The highest BCUT2D eigenvalue weighted by atomic mass is 19.4. The van der Waals surface area contributed by atoms with Gasteiger partial charge in [0.2, 0.25) is 0 Å². The van der Waals surface area contributed by atoms with Crippen molar-refractivity contribution < 1.29 is 35.1 Å². The minimum atomic E-state index is -4.87. The van der Waals surface area contributed by atoms with E-state index >= 15 is 35.1 Å². The summed E-state index contributed by atoms with van der Waals surface area (Å²) in [5, 5.41) is 0. The first-order valence-corrected chi connectivity index (χ1v) is 14.3. The highest BCUT2D eigenvalue weighted by molar-refractivity contribution is 5.72. The van der Waals surface area contributed by atoms with Crippen molar-refractivity contribution in [2.75, 3.05) is 0 Å². The number of hydrogen-bond acceptors (Lipinski definition) is 0. The lowest BCUT2D eigenvalue weighted by atomic mass is 9.55. The molecule has 222 valence electrons. The summed E-state index contributed by atoms with van der Waals surface area (Å²) < 4.78 is 123. The van der Waals surface area contributed by atoms with Gasteiger partial charge in [-0.05, 0) is 48.8 Å². The largest absolute Gasteiger partial charge is 0.395 e. The zero-order valence-electron chi connectivity index (χ0n) is 23.2. The third-order valence-corrected chi connectivity index (χ3v) is 8.83. The van der Waals surface area contributed by atoms with Crippen molar-refractivity contribution in [1.82, 2.24) is 0 Å². The fourth-order valence-electron chi connectivity index (χ4n) is 6.89. The van der Waals surface area contributed by atoms with Crippen molar-refractivity contribution in [2.45, 2.75) is 83.7 Å². The maximum absolute atomic E-state index is 15.8. The van der Waals surface area contributed by atoms with Gasteiger partial charge in [-0.25, -0.2) is 22.0 Å². The molecule has 3 unspecified atom stereocenters. The molecule has 0 saturated heterocycles. The summed E-state index contributed by atoms with van der Waals surface area (Å²) in [7, 11) is 0. The second kappa shape index (κ2) is 12.5. The maximum Gasteiger partial charge on any atom is 0.395 e. The van der Waals surface area contributed by atoms with Crippen LogP contribution in [0.25, 0.3) is 22.3 Å². The van der Waals surface area contributed by atoms with Crippen molar-refractivity contribution in [3.63, 3.8) is 0 Å². The van der Waals surface area contributed by atoms with Crippen molar-refractivity contribution in [3.8, 4) is 22.3 Å². The molecule has 1 aliphatic rings. The van der Waals surface area contributed by atoms with Crippen LogP contribution >= 0.6 is 0 Å². The Bertz CT molecular complexity index is 1320. The van der Waals surface area contributed by atoms with E-state index in [9.17, 15) is 0 Å². The summed E-state index contributed by atoms with van der Waals surface area (Å²) in [6.07, 6.45) is -2.48. The van der Waals surface area contributed by atoms with Gasteiger partial charge in [0.25, 0.3) is 0 Å². The first-order chi connectivity index (χ1) is 19.5. The minimum Gasteiger partial charge on any atom is -0.206 e. The van der Waals surface area contributed by atoms with Gasteiger partial charge in [0.05, 0.1) is 11.0 Å². The molecule has 0 amide bonds. The average Bonchev–Trinajstić information content (AvgIpc) is 2.95. The number of halogens is 8. The lowest BCUT2D eigenvalue weighted by Crippen LogP contribution is -2.51. The molecule has 1 fully saturated rings. The van der Waals surface area contributed by atoms with Crippen molar-refractivity contribution >= 4 is 0 Å². The predicted octanol–water partition coefficient (Wildman–Crippen LogP) is 11.5. The summed E-state index contributed by atoms with van der Waals surface area (Å²) in [6, 6.07) is 11.9. The molecule has 0 bridgehead atoms. The van der Waals surface area contributed by atoms with Crippen LogP contribution in [0.4, 0.5) is 35.1 Å². The molecule has 4 rings (SSSR count). The molecule has 0 N–H and O–H groups in total. The molecule has 0 heterocycles. The van der Waals surface area contributed by atoms with Crippen LogP contribution in [0.15, 0.2) is 48.5 Å². The van der Waals surface area contributed by atoms with Crippen LogP contribution in [0.1, 0.15) is 83.1 Å².